The Morgan fingerprint density at radius 2 is 1.71 bits per heavy atom. The normalized spacial score (nSPS) is 29.7. The van der Waals surface area contributed by atoms with Crippen molar-refractivity contribution in [3.63, 3.8) is 0 Å². The van der Waals surface area contributed by atoms with Crippen LogP contribution in [0.1, 0.15) is 36.9 Å². The summed E-state index contributed by atoms with van der Waals surface area (Å²) in [5.74, 6) is 0.761. The second kappa shape index (κ2) is 7.17. The van der Waals surface area contributed by atoms with Gasteiger partial charge in [0.1, 0.15) is 9.84 Å². The van der Waals surface area contributed by atoms with E-state index in [4.69, 9.17) is 0 Å². The fourth-order valence-electron chi connectivity index (χ4n) is 5.26. The van der Waals surface area contributed by atoms with E-state index in [-0.39, 0.29) is 47.1 Å². The molecule has 0 saturated carbocycles. The topological polar surface area (TPSA) is 74.8 Å². The molecule has 0 aromatic heterocycles. The monoisotopic (exact) mass is 404 g/mol. The SMILES string of the molecule is CC(=O)N1C[C@H]2CN(C(=O)C3CCS(=O)(=O)CC3)C[C@H]2[C@H]1c1ccccc1C. The Morgan fingerprint density at radius 3 is 2.36 bits per heavy atom. The van der Waals surface area contributed by atoms with Crippen LogP contribution in [0.3, 0.4) is 0 Å². The summed E-state index contributed by atoms with van der Waals surface area (Å²) in [6.45, 7) is 5.69. The molecule has 7 heteroatoms. The van der Waals surface area contributed by atoms with Crippen molar-refractivity contribution >= 4 is 21.7 Å². The fourth-order valence-corrected chi connectivity index (χ4v) is 6.75. The molecule has 0 radical (unpaired) electrons. The fraction of sp³-hybridized carbons (Fsp3) is 0.619. The molecule has 0 unspecified atom stereocenters. The smallest absolute Gasteiger partial charge is 0.225 e. The highest BCUT2D eigenvalue weighted by atomic mass is 32.2. The standard InChI is InChI=1S/C21H28N2O4S/c1-14-5-3-4-6-18(14)20-19-13-22(11-17(19)12-23(20)15(2)24)21(25)16-7-9-28(26,27)10-8-16/h3-6,16-17,19-20H,7-13H2,1-2H3/t17-,19-,20-/m1/s1. The van der Waals surface area contributed by atoms with Crippen LogP contribution in [0.15, 0.2) is 24.3 Å². The molecule has 3 aliphatic heterocycles. The zero-order valence-electron chi connectivity index (χ0n) is 16.5. The Bertz CT molecular complexity index is 883. The minimum Gasteiger partial charge on any atom is -0.342 e. The molecule has 6 nitrogen and oxygen atoms in total. The van der Waals surface area contributed by atoms with Gasteiger partial charge in [-0.1, -0.05) is 24.3 Å². The predicted octanol–water partition coefficient (Wildman–Crippen LogP) is 1.80. The number of benzene rings is 1. The first-order chi connectivity index (χ1) is 13.3. The lowest BCUT2D eigenvalue weighted by atomic mass is 9.87. The molecule has 0 bridgehead atoms. The molecule has 152 valence electrons. The minimum atomic E-state index is -2.97. The molecular weight excluding hydrogens is 376 g/mol. The number of carbonyl (C=O) groups excluding carboxylic acids is 2. The summed E-state index contributed by atoms with van der Waals surface area (Å²) in [6, 6.07) is 8.18. The Hall–Kier alpha value is -1.89. The number of nitrogens with zero attached hydrogens (tertiary/aromatic N) is 2. The maximum Gasteiger partial charge on any atom is 0.225 e. The van der Waals surface area contributed by atoms with Crippen LogP contribution in [0, 0.1) is 24.7 Å². The van der Waals surface area contributed by atoms with E-state index in [0.29, 0.717) is 32.5 Å². The number of hydrogen-bond donors (Lipinski definition) is 0. The molecular formula is C21H28N2O4S. The second-order valence-electron chi connectivity index (χ2n) is 8.57. The van der Waals surface area contributed by atoms with Gasteiger partial charge in [-0.05, 0) is 30.9 Å². The first kappa shape index (κ1) is 19.4. The molecule has 1 aromatic carbocycles. The molecule has 0 spiro atoms. The van der Waals surface area contributed by atoms with Crippen molar-refractivity contribution in [3.05, 3.63) is 35.4 Å². The average Bonchev–Trinajstić information content (AvgIpc) is 3.20. The van der Waals surface area contributed by atoms with Gasteiger partial charge in [0.2, 0.25) is 11.8 Å². The minimum absolute atomic E-state index is 0.00762. The molecule has 4 rings (SSSR count). The van der Waals surface area contributed by atoms with Gasteiger partial charge in [-0.3, -0.25) is 9.59 Å². The van der Waals surface area contributed by atoms with E-state index < -0.39 is 9.84 Å². The largest absolute Gasteiger partial charge is 0.342 e. The maximum atomic E-state index is 13.0. The Labute approximate surface area is 166 Å². The third kappa shape index (κ3) is 3.45. The highest BCUT2D eigenvalue weighted by Gasteiger charge is 2.50. The molecule has 3 atom stereocenters. The van der Waals surface area contributed by atoms with Crippen molar-refractivity contribution in [2.45, 2.75) is 32.7 Å². The van der Waals surface area contributed by atoms with Crippen molar-refractivity contribution in [2.75, 3.05) is 31.1 Å². The first-order valence-electron chi connectivity index (χ1n) is 10.1. The van der Waals surface area contributed by atoms with Crippen molar-refractivity contribution < 1.29 is 18.0 Å². The molecule has 3 heterocycles. The second-order valence-corrected chi connectivity index (χ2v) is 10.9. The van der Waals surface area contributed by atoms with Crippen LogP contribution in [0.5, 0.6) is 0 Å². The molecule has 28 heavy (non-hydrogen) atoms. The van der Waals surface area contributed by atoms with Crippen molar-refractivity contribution in [1.82, 2.24) is 9.80 Å². The molecule has 3 fully saturated rings. The Morgan fingerprint density at radius 1 is 1.04 bits per heavy atom. The predicted molar refractivity (Wildman–Crippen MR) is 106 cm³/mol. The van der Waals surface area contributed by atoms with Crippen LogP contribution >= 0.6 is 0 Å². The lowest BCUT2D eigenvalue weighted by molar-refractivity contribution is -0.135. The van der Waals surface area contributed by atoms with Gasteiger partial charge in [0.15, 0.2) is 0 Å². The van der Waals surface area contributed by atoms with Crippen molar-refractivity contribution in [3.8, 4) is 0 Å². The van der Waals surface area contributed by atoms with Crippen LogP contribution in [0.25, 0.3) is 0 Å². The summed E-state index contributed by atoms with van der Waals surface area (Å²) >= 11 is 0. The number of carbonyl (C=O) groups is 2. The van der Waals surface area contributed by atoms with Crippen LogP contribution in [-0.2, 0) is 19.4 Å². The third-order valence-electron chi connectivity index (χ3n) is 6.79. The Kier molecular flexibility index (Phi) is 4.98. The summed E-state index contributed by atoms with van der Waals surface area (Å²) in [7, 11) is -2.97. The lowest BCUT2D eigenvalue weighted by Gasteiger charge is -2.31. The summed E-state index contributed by atoms with van der Waals surface area (Å²) in [4.78, 5) is 29.2. The number of sulfone groups is 1. The zero-order chi connectivity index (χ0) is 20.1. The van der Waals surface area contributed by atoms with E-state index in [9.17, 15) is 18.0 Å². The maximum absolute atomic E-state index is 13.0. The van der Waals surface area contributed by atoms with Gasteiger partial charge in [-0.2, -0.15) is 0 Å². The van der Waals surface area contributed by atoms with Crippen molar-refractivity contribution in [2.24, 2.45) is 17.8 Å². The number of fused-ring (bicyclic) bond motifs is 1. The highest BCUT2D eigenvalue weighted by molar-refractivity contribution is 7.91. The first-order valence-corrected chi connectivity index (χ1v) is 11.9. The number of amides is 2. The van der Waals surface area contributed by atoms with Gasteiger partial charge in [-0.15, -0.1) is 0 Å². The van der Waals surface area contributed by atoms with E-state index in [1.54, 1.807) is 6.92 Å². The van der Waals surface area contributed by atoms with Gasteiger partial charge in [0.05, 0.1) is 17.5 Å². The van der Waals surface area contributed by atoms with Crippen LogP contribution < -0.4 is 0 Å². The van der Waals surface area contributed by atoms with E-state index in [0.717, 1.165) is 0 Å². The van der Waals surface area contributed by atoms with Gasteiger partial charge in [-0.25, -0.2) is 8.42 Å². The number of aryl methyl sites for hydroxylation is 1. The molecule has 0 N–H and O–H groups in total. The quantitative estimate of drug-likeness (QED) is 0.753. The molecule has 1 aromatic rings. The van der Waals surface area contributed by atoms with Gasteiger partial charge >= 0.3 is 0 Å². The summed E-state index contributed by atoms with van der Waals surface area (Å²) in [6.07, 6.45) is 0.877. The number of likely N-dealkylation sites (tertiary alicyclic amines) is 2. The lowest BCUT2D eigenvalue weighted by Crippen LogP contribution is -2.41. The average molecular weight is 405 g/mol. The van der Waals surface area contributed by atoms with E-state index in [2.05, 4.69) is 19.1 Å². The van der Waals surface area contributed by atoms with Crippen molar-refractivity contribution in [1.29, 1.82) is 0 Å². The Balaban J connectivity index is 1.53. The van der Waals surface area contributed by atoms with Gasteiger partial charge in [0, 0.05) is 44.3 Å². The molecule has 3 aliphatic rings. The summed E-state index contributed by atoms with van der Waals surface area (Å²) in [5, 5.41) is 0. The summed E-state index contributed by atoms with van der Waals surface area (Å²) < 4.78 is 23.3. The zero-order valence-corrected chi connectivity index (χ0v) is 17.3. The van der Waals surface area contributed by atoms with E-state index in [1.165, 1.54) is 11.1 Å². The molecule has 0 aliphatic carbocycles. The van der Waals surface area contributed by atoms with E-state index >= 15 is 0 Å². The van der Waals surface area contributed by atoms with Crippen LogP contribution in [0.2, 0.25) is 0 Å². The number of hydrogen-bond acceptors (Lipinski definition) is 4. The summed E-state index contributed by atoms with van der Waals surface area (Å²) in [5.41, 5.74) is 2.34. The third-order valence-corrected chi connectivity index (χ3v) is 8.51. The molecule has 2 amide bonds. The van der Waals surface area contributed by atoms with E-state index in [1.807, 2.05) is 21.9 Å². The van der Waals surface area contributed by atoms with Gasteiger partial charge in [0.25, 0.3) is 0 Å². The van der Waals surface area contributed by atoms with Crippen LogP contribution in [0.4, 0.5) is 0 Å². The molecule has 3 saturated heterocycles. The highest BCUT2D eigenvalue weighted by Crippen LogP contribution is 2.46. The van der Waals surface area contributed by atoms with Crippen LogP contribution in [-0.4, -0.2) is 61.2 Å². The van der Waals surface area contributed by atoms with Gasteiger partial charge < -0.3 is 9.80 Å². The number of rotatable bonds is 2.